The summed E-state index contributed by atoms with van der Waals surface area (Å²) >= 11 is 0. The maximum Gasteiger partial charge on any atom is 0.251 e. The van der Waals surface area contributed by atoms with E-state index in [-0.39, 0.29) is 12.0 Å². The second kappa shape index (κ2) is 9.43. The zero-order chi connectivity index (χ0) is 21.6. The van der Waals surface area contributed by atoms with Crippen molar-refractivity contribution in [2.24, 2.45) is 0 Å². The van der Waals surface area contributed by atoms with Crippen molar-refractivity contribution in [3.63, 3.8) is 0 Å². The van der Waals surface area contributed by atoms with Gasteiger partial charge in [0.2, 0.25) is 0 Å². The van der Waals surface area contributed by atoms with Gasteiger partial charge in [-0.2, -0.15) is 0 Å². The minimum Gasteiger partial charge on any atom is -0.491 e. The molecule has 0 fully saturated rings. The van der Waals surface area contributed by atoms with E-state index in [2.05, 4.69) is 15.6 Å². The van der Waals surface area contributed by atoms with Crippen molar-refractivity contribution in [3.8, 4) is 5.75 Å². The molecular formula is C25H26N4O2. The molecule has 1 aromatic heterocycles. The van der Waals surface area contributed by atoms with Crippen LogP contribution in [0, 0.1) is 0 Å². The first-order valence-corrected chi connectivity index (χ1v) is 10.5. The molecule has 0 spiro atoms. The van der Waals surface area contributed by atoms with Gasteiger partial charge in [-0.3, -0.25) is 4.79 Å². The number of benzene rings is 3. The van der Waals surface area contributed by atoms with E-state index in [4.69, 9.17) is 4.74 Å². The Bertz CT molecular complexity index is 1150. The molecule has 0 saturated heterocycles. The van der Waals surface area contributed by atoms with Crippen molar-refractivity contribution >= 4 is 16.9 Å². The second-order valence-corrected chi connectivity index (χ2v) is 7.75. The Morgan fingerprint density at radius 2 is 1.68 bits per heavy atom. The van der Waals surface area contributed by atoms with Crippen LogP contribution in [-0.2, 0) is 13.0 Å². The summed E-state index contributed by atoms with van der Waals surface area (Å²) in [7, 11) is 0. The molecule has 0 atom stereocenters. The van der Waals surface area contributed by atoms with Gasteiger partial charge >= 0.3 is 0 Å². The largest absolute Gasteiger partial charge is 0.491 e. The van der Waals surface area contributed by atoms with Crippen molar-refractivity contribution in [1.82, 2.24) is 20.3 Å². The van der Waals surface area contributed by atoms with Crippen molar-refractivity contribution in [1.29, 1.82) is 0 Å². The number of hydrogen-bond acceptors (Lipinski definition) is 4. The van der Waals surface area contributed by atoms with E-state index in [1.807, 2.05) is 91.3 Å². The van der Waals surface area contributed by atoms with Crippen molar-refractivity contribution in [2.75, 3.05) is 6.54 Å². The molecule has 0 unspecified atom stereocenters. The zero-order valence-electron chi connectivity index (χ0n) is 17.8. The van der Waals surface area contributed by atoms with Crippen LogP contribution < -0.4 is 10.1 Å². The van der Waals surface area contributed by atoms with Crippen LogP contribution in [0.2, 0.25) is 0 Å². The number of nitrogens with one attached hydrogen (secondary N) is 1. The summed E-state index contributed by atoms with van der Waals surface area (Å²) in [6.45, 7) is 5.20. The Kier molecular flexibility index (Phi) is 6.26. The average Bonchev–Trinajstić information content (AvgIpc) is 3.18. The van der Waals surface area contributed by atoms with Crippen molar-refractivity contribution in [2.45, 2.75) is 32.9 Å². The van der Waals surface area contributed by atoms with Gasteiger partial charge in [-0.1, -0.05) is 41.6 Å². The maximum atomic E-state index is 12.5. The summed E-state index contributed by atoms with van der Waals surface area (Å²) in [6.07, 6.45) is 0.928. The minimum atomic E-state index is -0.0717. The number of para-hydroxylation sites is 1. The molecule has 4 aromatic rings. The number of carbonyl (C=O) groups excluding carboxylic acids is 1. The first kappa shape index (κ1) is 20.6. The zero-order valence-corrected chi connectivity index (χ0v) is 17.8. The van der Waals surface area contributed by atoms with Crippen molar-refractivity contribution < 1.29 is 9.53 Å². The Labute approximate surface area is 181 Å². The van der Waals surface area contributed by atoms with Crippen LogP contribution in [0.15, 0.2) is 72.8 Å². The van der Waals surface area contributed by atoms with Crippen LogP contribution in [0.1, 0.15) is 35.3 Å². The lowest BCUT2D eigenvalue weighted by atomic mass is 10.1. The number of carbonyl (C=O) groups is 1. The Morgan fingerprint density at radius 3 is 2.42 bits per heavy atom. The van der Waals surface area contributed by atoms with E-state index in [0.29, 0.717) is 18.7 Å². The smallest absolute Gasteiger partial charge is 0.251 e. The molecule has 0 radical (unpaired) electrons. The molecule has 31 heavy (non-hydrogen) atoms. The Hall–Kier alpha value is -3.67. The van der Waals surface area contributed by atoms with Crippen LogP contribution >= 0.6 is 0 Å². The highest BCUT2D eigenvalue weighted by molar-refractivity contribution is 5.94. The predicted octanol–water partition coefficient (Wildman–Crippen LogP) is 4.24. The van der Waals surface area contributed by atoms with E-state index in [1.54, 1.807) is 0 Å². The number of ether oxygens (including phenoxy) is 1. The highest BCUT2D eigenvalue weighted by Crippen LogP contribution is 2.15. The number of nitrogens with zero attached hydrogens (tertiary/aromatic N) is 3. The average molecular weight is 415 g/mol. The summed E-state index contributed by atoms with van der Waals surface area (Å²) in [5.74, 6) is 0.791. The quantitative estimate of drug-likeness (QED) is 0.468. The Balaban J connectivity index is 1.29. The molecule has 0 saturated carbocycles. The third-order valence-corrected chi connectivity index (χ3v) is 4.96. The van der Waals surface area contributed by atoms with E-state index < -0.39 is 0 Å². The van der Waals surface area contributed by atoms with Crippen LogP contribution in [0.4, 0.5) is 0 Å². The van der Waals surface area contributed by atoms with Gasteiger partial charge in [0.25, 0.3) is 5.91 Å². The number of aromatic nitrogens is 3. The standard InChI is InChI=1S/C25H26N4O2/c1-18(2)31-22-13-9-19(10-14-22)15-16-26-25(30)21-11-7-20(8-12-21)17-29-24-6-4-3-5-23(24)27-28-29/h3-14,18H,15-17H2,1-2H3,(H,26,30). The second-order valence-electron chi connectivity index (χ2n) is 7.75. The fraction of sp³-hybridized carbons (Fsp3) is 0.240. The molecule has 158 valence electrons. The molecule has 6 heteroatoms. The van der Waals surface area contributed by atoms with Gasteiger partial charge in [-0.05, 0) is 67.8 Å². The van der Waals surface area contributed by atoms with Crippen LogP contribution in [0.5, 0.6) is 5.75 Å². The summed E-state index contributed by atoms with van der Waals surface area (Å²) in [6, 6.07) is 23.5. The summed E-state index contributed by atoms with van der Waals surface area (Å²) in [5, 5.41) is 11.4. The van der Waals surface area contributed by atoms with Crippen LogP contribution in [-0.4, -0.2) is 33.5 Å². The van der Waals surface area contributed by atoms with Gasteiger partial charge < -0.3 is 10.1 Å². The van der Waals surface area contributed by atoms with E-state index in [1.165, 1.54) is 0 Å². The third-order valence-electron chi connectivity index (χ3n) is 4.96. The molecule has 0 bridgehead atoms. The van der Waals surface area contributed by atoms with Crippen LogP contribution in [0.3, 0.4) is 0 Å². The lowest BCUT2D eigenvalue weighted by Gasteiger charge is -2.10. The fourth-order valence-corrected chi connectivity index (χ4v) is 3.40. The predicted molar refractivity (Wildman–Crippen MR) is 121 cm³/mol. The molecular weight excluding hydrogens is 388 g/mol. The molecule has 0 aliphatic rings. The summed E-state index contributed by atoms with van der Waals surface area (Å²) < 4.78 is 7.52. The number of rotatable bonds is 8. The molecule has 1 amide bonds. The van der Waals surface area contributed by atoms with E-state index in [0.717, 1.165) is 34.3 Å². The first-order chi connectivity index (χ1) is 15.1. The summed E-state index contributed by atoms with van der Waals surface area (Å²) in [4.78, 5) is 12.5. The highest BCUT2D eigenvalue weighted by Gasteiger charge is 2.07. The fourth-order valence-electron chi connectivity index (χ4n) is 3.40. The van der Waals surface area contributed by atoms with Crippen molar-refractivity contribution in [3.05, 3.63) is 89.5 Å². The molecule has 0 aliphatic carbocycles. The lowest BCUT2D eigenvalue weighted by molar-refractivity contribution is 0.0954. The SMILES string of the molecule is CC(C)Oc1ccc(CCNC(=O)c2ccc(Cn3nnc4ccccc43)cc2)cc1. The molecule has 1 N–H and O–H groups in total. The summed E-state index contributed by atoms with van der Waals surface area (Å²) in [5.41, 5.74) is 4.74. The highest BCUT2D eigenvalue weighted by atomic mass is 16.5. The molecule has 0 aliphatic heterocycles. The number of fused-ring (bicyclic) bond motifs is 1. The van der Waals surface area contributed by atoms with Gasteiger partial charge in [0.15, 0.2) is 0 Å². The topological polar surface area (TPSA) is 69.0 Å². The van der Waals surface area contributed by atoms with E-state index >= 15 is 0 Å². The third kappa shape index (κ3) is 5.28. The van der Waals surface area contributed by atoms with Gasteiger partial charge in [-0.25, -0.2) is 4.68 Å². The number of hydrogen-bond donors (Lipinski definition) is 1. The van der Waals surface area contributed by atoms with Gasteiger partial charge in [0.05, 0.1) is 18.2 Å². The van der Waals surface area contributed by atoms with E-state index in [9.17, 15) is 4.79 Å². The molecule has 6 nitrogen and oxygen atoms in total. The van der Waals surface area contributed by atoms with Gasteiger partial charge in [-0.15, -0.1) is 5.10 Å². The van der Waals surface area contributed by atoms with Gasteiger partial charge in [0.1, 0.15) is 11.3 Å². The number of amides is 1. The Morgan fingerprint density at radius 1 is 0.968 bits per heavy atom. The first-order valence-electron chi connectivity index (χ1n) is 10.5. The molecule has 4 rings (SSSR count). The molecule has 3 aromatic carbocycles. The van der Waals surface area contributed by atoms with Crippen LogP contribution in [0.25, 0.3) is 11.0 Å². The monoisotopic (exact) mass is 414 g/mol. The molecule has 1 heterocycles. The maximum absolute atomic E-state index is 12.5. The lowest BCUT2D eigenvalue weighted by Crippen LogP contribution is -2.25. The van der Waals surface area contributed by atoms with Gasteiger partial charge in [0, 0.05) is 12.1 Å². The normalized spacial score (nSPS) is 11.1. The minimum absolute atomic E-state index is 0.0717.